The molecule has 0 aliphatic carbocycles. The van der Waals surface area contributed by atoms with Gasteiger partial charge >= 0.3 is 0 Å². The fraction of sp³-hybridized carbons (Fsp3) is 0.308. The minimum Gasteiger partial charge on any atom is -0.294 e. The molecule has 0 amide bonds. The average Bonchev–Trinajstić information content (AvgIpc) is 2.75. The number of nitrogens with zero attached hydrogens (tertiary/aromatic N) is 2. The number of ketones is 1. The van der Waals surface area contributed by atoms with Crippen molar-refractivity contribution >= 4 is 17.1 Å². The number of pyridine rings is 1. The summed E-state index contributed by atoms with van der Waals surface area (Å²) in [5.74, 6) is 0.103. The summed E-state index contributed by atoms with van der Waals surface area (Å²) < 4.78 is 0. The Balaban J connectivity index is 2.44. The second-order valence-electron chi connectivity index (χ2n) is 3.84. The summed E-state index contributed by atoms with van der Waals surface area (Å²) in [7, 11) is 0. The number of aryl methyl sites for hydroxylation is 1. The largest absolute Gasteiger partial charge is 0.294 e. The molecule has 88 valence electrons. The molecular formula is C13H14N2OS. The minimum atomic E-state index is 0.103. The number of carbonyl (C=O) groups excluding carboxylic acids is 1. The van der Waals surface area contributed by atoms with Crippen LogP contribution in [0, 0.1) is 0 Å². The van der Waals surface area contributed by atoms with Gasteiger partial charge < -0.3 is 0 Å². The molecule has 4 heteroatoms. The zero-order valence-corrected chi connectivity index (χ0v) is 10.8. The van der Waals surface area contributed by atoms with Gasteiger partial charge in [0.05, 0.1) is 10.6 Å². The standard InChI is InChI=1S/C13H14N2OS/c1-3-4-11-12(9(2)16)17-13(15-11)10-5-7-14-8-6-10/h5-8H,3-4H2,1-2H3. The second-order valence-corrected chi connectivity index (χ2v) is 4.84. The first-order valence-electron chi connectivity index (χ1n) is 5.63. The second kappa shape index (κ2) is 5.19. The van der Waals surface area contributed by atoms with E-state index in [2.05, 4.69) is 16.9 Å². The van der Waals surface area contributed by atoms with Crippen LogP contribution in [0.15, 0.2) is 24.5 Å². The molecule has 0 spiro atoms. The molecule has 0 radical (unpaired) electrons. The first-order chi connectivity index (χ1) is 8.22. The molecule has 0 fully saturated rings. The summed E-state index contributed by atoms with van der Waals surface area (Å²) in [5.41, 5.74) is 1.95. The third-order valence-corrected chi connectivity index (χ3v) is 3.68. The summed E-state index contributed by atoms with van der Waals surface area (Å²) >= 11 is 1.47. The van der Waals surface area contributed by atoms with E-state index in [4.69, 9.17) is 0 Å². The molecule has 0 bridgehead atoms. The zero-order valence-electron chi connectivity index (χ0n) is 9.93. The van der Waals surface area contributed by atoms with Gasteiger partial charge in [-0.2, -0.15) is 0 Å². The molecule has 0 saturated heterocycles. The third-order valence-electron chi connectivity index (χ3n) is 2.43. The number of hydrogen-bond donors (Lipinski definition) is 0. The highest BCUT2D eigenvalue weighted by Gasteiger charge is 2.14. The van der Waals surface area contributed by atoms with Crippen molar-refractivity contribution in [2.45, 2.75) is 26.7 Å². The van der Waals surface area contributed by atoms with E-state index in [1.54, 1.807) is 19.3 Å². The van der Waals surface area contributed by atoms with Crippen molar-refractivity contribution < 1.29 is 4.79 Å². The molecule has 0 aliphatic heterocycles. The van der Waals surface area contributed by atoms with E-state index in [9.17, 15) is 4.79 Å². The van der Waals surface area contributed by atoms with Gasteiger partial charge in [0, 0.05) is 24.9 Å². The van der Waals surface area contributed by atoms with Crippen LogP contribution in [0.2, 0.25) is 0 Å². The number of Topliss-reactive ketones (excluding diaryl/α,β-unsaturated/α-hetero) is 1. The Kier molecular flexibility index (Phi) is 3.64. The molecule has 3 nitrogen and oxygen atoms in total. The molecule has 2 rings (SSSR count). The third kappa shape index (κ3) is 2.58. The predicted molar refractivity (Wildman–Crippen MR) is 69.3 cm³/mol. The van der Waals surface area contributed by atoms with Crippen LogP contribution in [0.1, 0.15) is 35.6 Å². The Morgan fingerprint density at radius 2 is 2.06 bits per heavy atom. The van der Waals surface area contributed by atoms with Crippen LogP contribution in [0.3, 0.4) is 0 Å². The Labute approximate surface area is 105 Å². The SMILES string of the molecule is CCCc1nc(-c2ccncc2)sc1C(C)=O. The lowest BCUT2D eigenvalue weighted by atomic mass is 10.2. The van der Waals surface area contributed by atoms with E-state index in [0.29, 0.717) is 0 Å². The smallest absolute Gasteiger partial charge is 0.171 e. The van der Waals surface area contributed by atoms with Gasteiger partial charge in [0.2, 0.25) is 0 Å². The topological polar surface area (TPSA) is 42.9 Å². The van der Waals surface area contributed by atoms with E-state index in [1.165, 1.54) is 11.3 Å². The molecule has 2 aromatic heterocycles. The molecule has 17 heavy (non-hydrogen) atoms. The van der Waals surface area contributed by atoms with Gasteiger partial charge in [-0.1, -0.05) is 13.3 Å². The van der Waals surface area contributed by atoms with Crippen molar-refractivity contribution in [2.24, 2.45) is 0 Å². The number of thiazole rings is 1. The van der Waals surface area contributed by atoms with Gasteiger partial charge in [-0.3, -0.25) is 9.78 Å². The number of carbonyl (C=O) groups is 1. The van der Waals surface area contributed by atoms with Crippen LogP contribution in [0.4, 0.5) is 0 Å². The summed E-state index contributed by atoms with van der Waals surface area (Å²) in [6.45, 7) is 3.69. The van der Waals surface area contributed by atoms with E-state index in [1.807, 2.05) is 12.1 Å². The van der Waals surface area contributed by atoms with Crippen LogP contribution >= 0.6 is 11.3 Å². The van der Waals surface area contributed by atoms with Gasteiger partial charge in [0.15, 0.2) is 5.78 Å². The van der Waals surface area contributed by atoms with Crippen molar-refractivity contribution in [1.29, 1.82) is 0 Å². The summed E-state index contributed by atoms with van der Waals surface area (Å²) in [6, 6.07) is 3.83. The van der Waals surface area contributed by atoms with Crippen LogP contribution < -0.4 is 0 Å². The first kappa shape index (κ1) is 11.9. The van der Waals surface area contributed by atoms with Crippen molar-refractivity contribution in [3.05, 3.63) is 35.1 Å². The maximum atomic E-state index is 11.5. The van der Waals surface area contributed by atoms with Gasteiger partial charge in [-0.05, 0) is 18.6 Å². The molecule has 2 aromatic rings. The quantitative estimate of drug-likeness (QED) is 0.777. The number of rotatable bonds is 4. The lowest BCUT2D eigenvalue weighted by molar-refractivity contribution is 0.102. The Bertz CT molecular complexity index is 519. The van der Waals surface area contributed by atoms with E-state index < -0.39 is 0 Å². The first-order valence-corrected chi connectivity index (χ1v) is 6.45. The predicted octanol–water partition coefficient (Wildman–Crippen LogP) is 3.36. The summed E-state index contributed by atoms with van der Waals surface area (Å²) in [5, 5.41) is 0.904. The zero-order chi connectivity index (χ0) is 12.3. The maximum absolute atomic E-state index is 11.5. The van der Waals surface area contributed by atoms with Gasteiger partial charge in [0.25, 0.3) is 0 Å². The Morgan fingerprint density at radius 1 is 1.35 bits per heavy atom. The number of hydrogen-bond acceptors (Lipinski definition) is 4. The average molecular weight is 246 g/mol. The minimum absolute atomic E-state index is 0.103. The highest BCUT2D eigenvalue weighted by atomic mass is 32.1. The van der Waals surface area contributed by atoms with Gasteiger partial charge in [-0.15, -0.1) is 11.3 Å². The maximum Gasteiger partial charge on any atom is 0.171 e. The van der Waals surface area contributed by atoms with Crippen molar-refractivity contribution in [3.63, 3.8) is 0 Å². The fourth-order valence-corrected chi connectivity index (χ4v) is 2.66. The van der Waals surface area contributed by atoms with Crippen LogP contribution in [0.25, 0.3) is 10.6 Å². The van der Waals surface area contributed by atoms with Crippen molar-refractivity contribution in [2.75, 3.05) is 0 Å². The summed E-state index contributed by atoms with van der Waals surface area (Å²) in [4.78, 5) is 20.9. The van der Waals surface area contributed by atoms with Gasteiger partial charge in [0.1, 0.15) is 5.01 Å². The highest BCUT2D eigenvalue weighted by Crippen LogP contribution is 2.28. The molecule has 0 atom stereocenters. The fourth-order valence-electron chi connectivity index (χ4n) is 1.65. The molecule has 0 unspecified atom stereocenters. The van der Waals surface area contributed by atoms with Crippen molar-refractivity contribution in [3.8, 4) is 10.6 Å². The Morgan fingerprint density at radius 3 is 2.65 bits per heavy atom. The van der Waals surface area contributed by atoms with Crippen molar-refractivity contribution in [1.82, 2.24) is 9.97 Å². The molecule has 0 aromatic carbocycles. The normalized spacial score (nSPS) is 10.5. The monoisotopic (exact) mass is 246 g/mol. The molecule has 2 heterocycles. The molecule has 0 aliphatic rings. The van der Waals surface area contributed by atoms with E-state index in [0.717, 1.165) is 34.0 Å². The van der Waals surface area contributed by atoms with Gasteiger partial charge in [-0.25, -0.2) is 4.98 Å². The molecular weight excluding hydrogens is 232 g/mol. The lowest BCUT2D eigenvalue weighted by Crippen LogP contribution is -1.95. The Hall–Kier alpha value is -1.55. The number of aromatic nitrogens is 2. The van der Waals surface area contributed by atoms with E-state index in [-0.39, 0.29) is 5.78 Å². The van der Waals surface area contributed by atoms with Crippen LogP contribution in [-0.2, 0) is 6.42 Å². The lowest BCUT2D eigenvalue weighted by Gasteiger charge is -1.94. The van der Waals surface area contributed by atoms with E-state index >= 15 is 0 Å². The molecule has 0 saturated carbocycles. The molecule has 0 N–H and O–H groups in total. The summed E-state index contributed by atoms with van der Waals surface area (Å²) in [6.07, 6.45) is 5.34. The highest BCUT2D eigenvalue weighted by molar-refractivity contribution is 7.17. The van der Waals surface area contributed by atoms with Crippen LogP contribution in [0.5, 0.6) is 0 Å². The van der Waals surface area contributed by atoms with Crippen LogP contribution in [-0.4, -0.2) is 15.8 Å².